The summed E-state index contributed by atoms with van der Waals surface area (Å²) in [7, 11) is 0. The van der Waals surface area contributed by atoms with Crippen LogP contribution in [0.15, 0.2) is 54.6 Å². The zero-order chi connectivity index (χ0) is 15.8. The van der Waals surface area contributed by atoms with Crippen molar-refractivity contribution in [1.82, 2.24) is 0 Å². The van der Waals surface area contributed by atoms with Gasteiger partial charge in [0.25, 0.3) is 0 Å². The molecule has 0 N–H and O–H groups in total. The molecule has 0 atom stereocenters. The third kappa shape index (κ3) is 4.71. The van der Waals surface area contributed by atoms with E-state index in [0.29, 0.717) is 11.3 Å². The first-order valence-corrected chi connectivity index (χ1v) is 6.87. The van der Waals surface area contributed by atoms with Crippen molar-refractivity contribution in [2.75, 3.05) is 0 Å². The maximum absolute atomic E-state index is 11.8. The number of hydrogen-bond acceptors (Lipinski definition) is 5. The van der Waals surface area contributed by atoms with E-state index in [9.17, 15) is 9.59 Å². The first-order valence-electron chi connectivity index (χ1n) is 6.87. The van der Waals surface area contributed by atoms with Gasteiger partial charge in [0.15, 0.2) is 0 Å². The first-order chi connectivity index (χ1) is 10.7. The Hall–Kier alpha value is -2.66. The fraction of sp³-hybridized carbons (Fsp3) is 0.176. The number of hydrogen-bond donors (Lipinski definition) is 0. The van der Waals surface area contributed by atoms with Crippen LogP contribution in [0.5, 0.6) is 5.75 Å². The molecule has 0 aliphatic rings. The van der Waals surface area contributed by atoms with Crippen molar-refractivity contribution >= 4 is 11.9 Å². The molecule has 0 radical (unpaired) electrons. The SMILES string of the molecule is CCC(=O)Oc1ccc(C(=O)OOCc2ccccc2)cc1. The Morgan fingerprint density at radius 1 is 0.955 bits per heavy atom. The van der Waals surface area contributed by atoms with Crippen LogP contribution in [-0.2, 0) is 21.2 Å². The maximum atomic E-state index is 11.8. The molecule has 0 saturated carbocycles. The van der Waals surface area contributed by atoms with Gasteiger partial charge in [-0.2, -0.15) is 4.89 Å². The van der Waals surface area contributed by atoms with Crippen LogP contribution in [-0.4, -0.2) is 11.9 Å². The van der Waals surface area contributed by atoms with Crippen molar-refractivity contribution in [2.24, 2.45) is 0 Å². The van der Waals surface area contributed by atoms with Crippen molar-refractivity contribution in [3.05, 3.63) is 65.7 Å². The Bertz CT molecular complexity index is 619. The Kier molecular flexibility index (Phi) is 5.68. The van der Waals surface area contributed by atoms with Gasteiger partial charge in [0.2, 0.25) is 0 Å². The van der Waals surface area contributed by atoms with Crippen LogP contribution in [0.3, 0.4) is 0 Å². The summed E-state index contributed by atoms with van der Waals surface area (Å²) in [5.41, 5.74) is 1.21. The molecule has 0 aromatic heterocycles. The van der Waals surface area contributed by atoms with Gasteiger partial charge >= 0.3 is 11.9 Å². The van der Waals surface area contributed by atoms with Crippen LogP contribution >= 0.6 is 0 Å². The van der Waals surface area contributed by atoms with Crippen molar-refractivity contribution in [3.8, 4) is 5.75 Å². The van der Waals surface area contributed by atoms with Gasteiger partial charge in [0, 0.05) is 6.42 Å². The van der Waals surface area contributed by atoms with Crippen LogP contribution in [0.1, 0.15) is 29.3 Å². The lowest BCUT2D eigenvalue weighted by molar-refractivity contribution is -0.250. The van der Waals surface area contributed by atoms with E-state index in [2.05, 4.69) is 0 Å². The summed E-state index contributed by atoms with van der Waals surface area (Å²) >= 11 is 0. The summed E-state index contributed by atoms with van der Waals surface area (Å²) in [5, 5.41) is 0. The zero-order valence-electron chi connectivity index (χ0n) is 12.2. The molecular weight excluding hydrogens is 284 g/mol. The Balaban J connectivity index is 1.83. The fourth-order valence-corrected chi connectivity index (χ4v) is 1.64. The van der Waals surface area contributed by atoms with E-state index in [1.165, 1.54) is 24.3 Å². The van der Waals surface area contributed by atoms with E-state index in [4.69, 9.17) is 14.5 Å². The minimum Gasteiger partial charge on any atom is -0.427 e. The van der Waals surface area contributed by atoms with Gasteiger partial charge in [0.05, 0.1) is 5.56 Å². The molecule has 5 nitrogen and oxygen atoms in total. The van der Waals surface area contributed by atoms with Crippen LogP contribution in [0.25, 0.3) is 0 Å². The average molecular weight is 300 g/mol. The molecule has 5 heteroatoms. The molecule has 0 amide bonds. The molecule has 2 aromatic carbocycles. The summed E-state index contributed by atoms with van der Waals surface area (Å²) < 4.78 is 5.01. The van der Waals surface area contributed by atoms with Gasteiger partial charge in [-0.3, -0.25) is 9.68 Å². The highest BCUT2D eigenvalue weighted by Crippen LogP contribution is 2.14. The summed E-state index contributed by atoms with van der Waals surface area (Å²) in [4.78, 5) is 32.6. The number of esters is 1. The molecule has 2 rings (SSSR count). The van der Waals surface area contributed by atoms with Crippen molar-refractivity contribution in [1.29, 1.82) is 0 Å². The predicted molar refractivity (Wildman–Crippen MR) is 79.0 cm³/mol. The second-order valence-corrected chi connectivity index (χ2v) is 4.47. The third-order valence-corrected chi connectivity index (χ3v) is 2.81. The molecule has 0 fully saturated rings. The zero-order valence-corrected chi connectivity index (χ0v) is 12.2. The summed E-state index contributed by atoms with van der Waals surface area (Å²) in [6.45, 7) is 1.89. The largest absolute Gasteiger partial charge is 0.427 e. The normalized spacial score (nSPS) is 10.0. The monoisotopic (exact) mass is 300 g/mol. The highest BCUT2D eigenvalue weighted by molar-refractivity contribution is 5.89. The number of carbonyl (C=O) groups excluding carboxylic acids is 2. The van der Waals surface area contributed by atoms with E-state index in [0.717, 1.165) is 5.56 Å². The molecule has 0 spiro atoms. The summed E-state index contributed by atoms with van der Waals surface area (Å²) in [5.74, 6) is -0.556. The molecule has 0 saturated heterocycles. The topological polar surface area (TPSA) is 61.8 Å². The van der Waals surface area contributed by atoms with Crippen LogP contribution in [0, 0.1) is 0 Å². The van der Waals surface area contributed by atoms with Gasteiger partial charge in [-0.05, 0) is 29.8 Å². The number of ether oxygens (including phenoxy) is 1. The molecule has 0 heterocycles. The minimum atomic E-state index is -0.607. The second-order valence-electron chi connectivity index (χ2n) is 4.47. The first kappa shape index (κ1) is 15.7. The lowest BCUT2D eigenvalue weighted by Crippen LogP contribution is -2.07. The van der Waals surface area contributed by atoms with E-state index < -0.39 is 5.97 Å². The maximum Gasteiger partial charge on any atom is 0.373 e. The van der Waals surface area contributed by atoms with E-state index in [-0.39, 0.29) is 19.0 Å². The number of rotatable bonds is 6. The molecule has 2 aromatic rings. The highest BCUT2D eigenvalue weighted by Gasteiger charge is 2.09. The second kappa shape index (κ2) is 7.95. The summed E-state index contributed by atoms with van der Waals surface area (Å²) in [6.07, 6.45) is 0.289. The molecular formula is C17H16O5. The predicted octanol–water partition coefficient (Wildman–Crippen LogP) is 3.29. The molecule has 0 aliphatic carbocycles. The lowest BCUT2D eigenvalue weighted by Gasteiger charge is -2.05. The third-order valence-electron chi connectivity index (χ3n) is 2.81. The Morgan fingerprint density at radius 3 is 2.27 bits per heavy atom. The van der Waals surface area contributed by atoms with Crippen LogP contribution < -0.4 is 4.74 Å². The van der Waals surface area contributed by atoms with Gasteiger partial charge in [-0.15, -0.1) is 0 Å². The highest BCUT2D eigenvalue weighted by atomic mass is 17.2. The van der Waals surface area contributed by atoms with Crippen LogP contribution in [0.2, 0.25) is 0 Å². The average Bonchev–Trinajstić information content (AvgIpc) is 2.56. The number of carbonyl (C=O) groups is 2. The van der Waals surface area contributed by atoms with Crippen molar-refractivity contribution in [3.63, 3.8) is 0 Å². The van der Waals surface area contributed by atoms with Crippen LogP contribution in [0.4, 0.5) is 0 Å². The standard InChI is InChI=1S/C17H16O5/c1-2-16(18)21-15-10-8-14(9-11-15)17(19)22-20-12-13-6-4-3-5-7-13/h3-11H,2,12H2,1H3. The molecule has 0 bridgehead atoms. The van der Waals surface area contributed by atoms with E-state index in [1.807, 2.05) is 30.3 Å². The number of benzene rings is 2. The minimum absolute atomic E-state index is 0.179. The summed E-state index contributed by atoms with van der Waals surface area (Å²) in [6, 6.07) is 15.4. The van der Waals surface area contributed by atoms with Gasteiger partial charge in [0.1, 0.15) is 12.4 Å². The van der Waals surface area contributed by atoms with Crippen molar-refractivity contribution in [2.45, 2.75) is 20.0 Å². The van der Waals surface area contributed by atoms with E-state index >= 15 is 0 Å². The smallest absolute Gasteiger partial charge is 0.373 e. The Morgan fingerprint density at radius 2 is 1.64 bits per heavy atom. The molecule has 114 valence electrons. The quantitative estimate of drug-likeness (QED) is 0.354. The Labute approximate surface area is 128 Å². The molecule has 0 aliphatic heterocycles. The molecule has 22 heavy (non-hydrogen) atoms. The van der Waals surface area contributed by atoms with Gasteiger partial charge in [-0.25, -0.2) is 4.79 Å². The fourth-order valence-electron chi connectivity index (χ4n) is 1.64. The van der Waals surface area contributed by atoms with Gasteiger partial charge < -0.3 is 4.74 Å². The molecule has 0 unspecified atom stereocenters. The lowest BCUT2D eigenvalue weighted by atomic mass is 10.2. The van der Waals surface area contributed by atoms with Gasteiger partial charge in [-0.1, -0.05) is 37.3 Å². The van der Waals surface area contributed by atoms with E-state index in [1.54, 1.807) is 6.92 Å². The van der Waals surface area contributed by atoms with Crippen molar-refractivity contribution < 1.29 is 24.1 Å².